The number of aryl methyl sites for hydroxylation is 1. The van der Waals surface area contributed by atoms with Gasteiger partial charge in [-0.1, -0.05) is 48.5 Å². The van der Waals surface area contributed by atoms with Crippen LogP contribution in [0.1, 0.15) is 5.82 Å². The summed E-state index contributed by atoms with van der Waals surface area (Å²) in [5.74, 6) is 0.456. The van der Waals surface area contributed by atoms with Crippen LogP contribution in [0, 0.1) is 17.0 Å². The fourth-order valence-corrected chi connectivity index (χ4v) is 2.11. The van der Waals surface area contributed by atoms with Crippen molar-refractivity contribution in [3.05, 3.63) is 70.7 Å². The van der Waals surface area contributed by atoms with E-state index in [4.69, 9.17) is 5.11 Å². The molecule has 0 spiro atoms. The molecule has 114 valence electrons. The standard InChI is InChI=1S/C10H8.C6H9N3O3/c1-2-6-10-8-4-3-7-9(10)5-1;1-5-7-4-6(9(11)12)8(5)2-3-10/h1-8H;4,10H,2-3H2,1H3. The molecule has 2 aromatic carbocycles. The van der Waals surface area contributed by atoms with Crippen molar-refractivity contribution in [1.29, 1.82) is 0 Å². The van der Waals surface area contributed by atoms with Crippen LogP contribution in [-0.2, 0) is 6.54 Å². The van der Waals surface area contributed by atoms with Crippen molar-refractivity contribution in [3.63, 3.8) is 0 Å². The number of aliphatic hydroxyl groups is 1. The summed E-state index contributed by atoms with van der Waals surface area (Å²) in [6, 6.07) is 16.7. The number of fused-ring (bicyclic) bond motifs is 1. The molecule has 0 aliphatic heterocycles. The minimum Gasteiger partial charge on any atom is -0.392 e. The van der Waals surface area contributed by atoms with Gasteiger partial charge in [-0.05, 0) is 15.7 Å². The van der Waals surface area contributed by atoms with Crippen LogP contribution in [0.2, 0.25) is 0 Å². The molecule has 3 rings (SSSR count). The van der Waals surface area contributed by atoms with E-state index >= 15 is 0 Å². The number of benzene rings is 2. The SMILES string of the molecule is Cc1ncc([N+](=O)[O-])n1CCO.c1ccc2ccccc2c1. The Bertz CT molecular complexity index is 703. The van der Waals surface area contributed by atoms with E-state index in [2.05, 4.69) is 53.5 Å². The van der Waals surface area contributed by atoms with E-state index in [1.807, 2.05) is 0 Å². The predicted octanol–water partition coefficient (Wildman–Crippen LogP) is 2.93. The molecule has 3 aromatic rings. The number of rotatable bonds is 3. The van der Waals surface area contributed by atoms with Gasteiger partial charge in [-0.3, -0.25) is 0 Å². The van der Waals surface area contributed by atoms with Crippen LogP contribution < -0.4 is 0 Å². The second kappa shape index (κ2) is 7.33. The molecule has 0 amide bonds. The Hall–Kier alpha value is -2.73. The van der Waals surface area contributed by atoms with E-state index in [0.29, 0.717) is 5.82 Å². The Morgan fingerprint density at radius 3 is 2.05 bits per heavy atom. The van der Waals surface area contributed by atoms with Crippen molar-refractivity contribution in [2.45, 2.75) is 13.5 Å². The molecule has 0 aliphatic carbocycles. The lowest BCUT2D eigenvalue weighted by molar-refractivity contribution is -0.392. The number of hydrogen-bond donors (Lipinski definition) is 1. The number of imidazole rings is 1. The third kappa shape index (κ3) is 3.67. The lowest BCUT2D eigenvalue weighted by Crippen LogP contribution is -2.07. The van der Waals surface area contributed by atoms with Gasteiger partial charge in [0.05, 0.1) is 6.61 Å². The molecule has 0 saturated heterocycles. The van der Waals surface area contributed by atoms with Crippen molar-refractivity contribution in [2.75, 3.05) is 6.61 Å². The van der Waals surface area contributed by atoms with Gasteiger partial charge in [-0.25, -0.2) is 9.55 Å². The van der Waals surface area contributed by atoms with Crippen molar-refractivity contribution in [3.8, 4) is 0 Å². The highest BCUT2D eigenvalue weighted by Crippen LogP contribution is 2.12. The molecule has 0 aliphatic rings. The molecule has 0 radical (unpaired) electrons. The summed E-state index contributed by atoms with van der Waals surface area (Å²) in [5, 5.41) is 21.6. The van der Waals surface area contributed by atoms with Gasteiger partial charge in [0.2, 0.25) is 0 Å². The third-order valence-electron chi connectivity index (χ3n) is 3.20. The molecule has 1 N–H and O–H groups in total. The molecule has 6 nitrogen and oxygen atoms in total. The Kier molecular flexibility index (Phi) is 5.21. The summed E-state index contributed by atoms with van der Waals surface area (Å²) >= 11 is 0. The Morgan fingerprint density at radius 1 is 1.14 bits per heavy atom. The lowest BCUT2D eigenvalue weighted by atomic mass is 10.1. The molecule has 0 bridgehead atoms. The van der Waals surface area contributed by atoms with Gasteiger partial charge in [0.1, 0.15) is 12.7 Å². The van der Waals surface area contributed by atoms with Crippen LogP contribution in [0.15, 0.2) is 54.7 Å². The molecule has 0 fully saturated rings. The molecule has 22 heavy (non-hydrogen) atoms. The van der Waals surface area contributed by atoms with Crippen molar-refractivity contribution < 1.29 is 10.0 Å². The summed E-state index contributed by atoms with van der Waals surface area (Å²) in [6.45, 7) is 1.74. The molecular weight excluding hydrogens is 282 g/mol. The highest BCUT2D eigenvalue weighted by Gasteiger charge is 2.15. The zero-order valence-electron chi connectivity index (χ0n) is 12.2. The van der Waals surface area contributed by atoms with Crippen LogP contribution >= 0.6 is 0 Å². The van der Waals surface area contributed by atoms with Gasteiger partial charge < -0.3 is 15.2 Å². The maximum absolute atomic E-state index is 10.4. The highest BCUT2D eigenvalue weighted by molar-refractivity contribution is 5.81. The van der Waals surface area contributed by atoms with Crippen LogP contribution in [0.25, 0.3) is 10.8 Å². The summed E-state index contributed by atoms with van der Waals surface area (Å²) in [4.78, 5) is 13.6. The molecule has 0 atom stereocenters. The Morgan fingerprint density at radius 2 is 1.64 bits per heavy atom. The average molecular weight is 299 g/mol. The van der Waals surface area contributed by atoms with Gasteiger partial charge in [0.15, 0.2) is 5.82 Å². The fraction of sp³-hybridized carbons (Fsp3) is 0.188. The van der Waals surface area contributed by atoms with Crippen molar-refractivity contribution in [1.82, 2.24) is 9.55 Å². The molecule has 0 unspecified atom stereocenters. The lowest BCUT2D eigenvalue weighted by Gasteiger charge is -1.98. The van der Waals surface area contributed by atoms with Gasteiger partial charge in [0.25, 0.3) is 0 Å². The summed E-state index contributed by atoms with van der Waals surface area (Å²) in [6.07, 6.45) is 1.19. The molecule has 6 heteroatoms. The number of hydrogen-bond acceptors (Lipinski definition) is 4. The predicted molar refractivity (Wildman–Crippen MR) is 84.7 cm³/mol. The van der Waals surface area contributed by atoms with E-state index in [1.165, 1.54) is 21.5 Å². The van der Waals surface area contributed by atoms with Gasteiger partial charge >= 0.3 is 5.82 Å². The number of aliphatic hydroxyl groups excluding tert-OH is 1. The minimum atomic E-state index is -0.518. The largest absolute Gasteiger partial charge is 0.392 e. The first kappa shape index (κ1) is 15.7. The first-order chi connectivity index (χ1) is 10.6. The first-order valence-electron chi connectivity index (χ1n) is 6.84. The maximum atomic E-state index is 10.4. The highest BCUT2D eigenvalue weighted by atomic mass is 16.6. The van der Waals surface area contributed by atoms with E-state index in [-0.39, 0.29) is 19.0 Å². The number of aromatic nitrogens is 2. The Labute approximate surface area is 127 Å². The molecule has 0 saturated carbocycles. The van der Waals surface area contributed by atoms with Crippen LogP contribution in [0.3, 0.4) is 0 Å². The number of nitro groups is 1. The molecule has 1 heterocycles. The van der Waals surface area contributed by atoms with E-state index in [1.54, 1.807) is 6.92 Å². The van der Waals surface area contributed by atoms with Gasteiger partial charge in [0, 0.05) is 6.92 Å². The fourth-order valence-electron chi connectivity index (χ4n) is 2.11. The summed E-state index contributed by atoms with van der Waals surface area (Å²) in [7, 11) is 0. The zero-order chi connectivity index (χ0) is 15.9. The van der Waals surface area contributed by atoms with Crippen LogP contribution in [-0.4, -0.2) is 26.2 Å². The Balaban J connectivity index is 0.000000162. The molecule has 1 aromatic heterocycles. The van der Waals surface area contributed by atoms with E-state index < -0.39 is 4.92 Å². The zero-order valence-corrected chi connectivity index (χ0v) is 12.2. The van der Waals surface area contributed by atoms with E-state index in [0.717, 1.165) is 0 Å². The smallest absolute Gasteiger partial charge is 0.342 e. The summed E-state index contributed by atoms with van der Waals surface area (Å²) < 4.78 is 1.36. The normalized spacial score (nSPS) is 10.1. The first-order valence-corrected chi connectivity index (χ1v) is 6.84. The molecular formula is C16H17N3O3. The monoisotopic (exact) mass is 299 g/mol. The number of nitrogens with zero attached hydrogens (tertiary/aromatic N) is 3. The van der Waals surface area contributed by atoms with Crippen LogP contribution in [0.5, 0.6) is 0 Å². The average Bonchev–Trinajstić information content (AvgIpc) is 2.90. The quantitative estimate of drug-likeness (QED) is 0.595. The van der Waals surface area contributed by atoms with Crippen molar-refractivity contribution >= 4 is 16.6 Å². The van der Waals surface area contributed by atoms with Gasteiger partial charge in [-0.2, -0.15) is 0 Å². The topological polar surface area (TPSA) is 81.2 Å². The van der Waals surface area contributed by atoms with Crippen molar-refractivity contribution in [2.24, 2.45) is 0 Å². The second-order valence-electron chi connectivity index (χ2n) is 4.64. The maximum Gasteiger partial charge on any atom is 0.342 e. The second-order valence-corrected chi connectivity index (χ2v) is 4.64. The van der Waals surface area contributed by atoms with Crippen LogP contribution in [0.4, 0.5) is 5.82 Å². The van der Waals surface area contributed by atoms with Gasteiger partial charge in [-0.15, -0.1) is 0 Å². The minimum absolute atomic E-state index is 0.0819. The third-order valence-corrected chi connectivity index (χ3v) is 3.20. The van der Waals surface area contributed by atoms with E-state index in [9.17, 15) is 10.1 Å². The summed E-state index contributed by atoms with van der Waals surface area (Å²) in [5.41, 5.74) is 0.